The number of nitrogens with one attached hydrogen (secondary N) is 2. The van der Waals surface area contributed by atoms with Gasteiger partial charge in [0.15, 0.2) is 0 Å². The average Bonchev–Trinajstić information content (AvgIpc) is 2.72. The fourth-order valence-electron chi connectivity index (χ4n) is 1.35. The van der Waals surface area contributed by atoms with Gasteiger partial charge in [-0.1, -0.05) is 17.7 Å². The molecule has 0 saturated heterocycles. The molecule has 1 aromatic heterocycles. The quantitative estimate of drug-likeness (QED) is 0.885. The Labute approximate surface area is 106 Å². The minimum atomic E-state index is 0. The van der Waals surface area contributed by atoms with Crippen molar-refractivity contribution >= 4 is 29.7 Å². The molecule has 2 aromatic rings. The summed E-state index contributed by atoms with van der Waals surface area (Å²) in [7, 11) is 0. The number of aromatic nitrogens is 2. The van der Waals surface area contributed by atoms with Crippen molar-refractivity contribution in [2.24, 2.45) is 0 Å². The number of aromatic amines is 1. The fourth-order valence-corrected chi connectivity index (χ4v) is 1.53. The van der Waals surface area contributed by atoms with Gasteiger partial charge < -0.3 is 10.3 Å². The van der Waals surface area contributed by atoms with Crippen molar-refractivity contribution in [1.29, 1.82) is 0 Å². The van der Waals surface area contributed by atoms with Crippen LogP contribution in [-0.4, -0.2) is 9.97 Å². The maximum Gasteiger partial charge on any atom is 0.125 e. The summed E-state index contributed by atoms with van der Waals surface area (Å²) >= 11 is 6.04. The van der Waals surface area contributed by atoms with Gasteiger partial charge >= 0.3 is 0 Å². The number of aryl methyl sites for hydroxylation is 1. The minimum Gasteiger partial charge on any atom is -0.377 e. The van der Waals surface area contributed by atoms with Crippen molar-refractivity contribution in [3.05, 3.63) is 47.0 Å². The van der Waals surface area contributed by atoms with E-state index in [0.717, 1.165) is 16.5 Å². The molecule has 0 spiro atoms. The van der Waals surface area contributed by atoms with Gasteiger partial charge in [-0.25, -0.2) is 4.98 Å². The van der Waals surface area contributed by atoms with Gasteiger partial charge in [0.05, 0.1) is 17.3 Å². The molecule has 0 amide bonds. The third-order valence-electron chi connectivity index (χ3n) is 2.12. The molecule has 0 aliphatic carbocycles. The Morgan fingerprint density at radius 2 is 2.25 bits per heavy atom. The number of rotatable bonds is 3. The zero-order valence-electron chi connectivity index (χ0n) is 8.83. The summed E-state index contributed by atoms with van der Waals surface area (Å²) in [6, 6.07) is 5.90. The Balaban J connectivity index is 0.00000128. The van der Waals surface area contributed by atoms with Crippen LogP contribution in [0.2, 0.25) is 5.02 Å². The van der Waals surface area contributed by atoms with Crippen molar-refractivity contribution in [1.82, 2.24) is 9.97 Å². The van der Waals surface area contributed by atoms with E-state index in [9.17, 15) is 0 Å². The molecular weight excluding hydrogens is 245 g/mol. The van der Waals surface area contributed by atoms with E-state index in [4.69, 9.17) is 11.6 Å². The Kier molecular flexibility index (Phi) is 4.65. The number of imidazole rings is 1. The summed E-state index contributed by atoms with van der Waals surface area (Å²) in [5.41, 5.74) is 2.12. The lowest BCUT2D eigenvalue weighted by molar-refractivity contribution is 1.000. The monoisotopic (exact) mass is 257 g/mol. The number of nitrogens with zero attached hydrogens (tertiary/aromatic N) is 1. The number of halogens is 2. The summed E-state index contributed by atoms with van der Waals surface area (Å²) < 4.78 is 0. The predicted octanol–water partition coefficient (Wildman–Crippen LogP) is 3.41. The van der Waals surface area contributed by atoms with E-state index in [-0.39, 0.29) is 12.4 Å². The van der Waals surface area contributed by atoms with Gasteiger partial charge in [-0.15, -0.1) is 12.4 Å². The van der Waals surface area contributed by atoms with E-state index in [2.05, 4.69) is 15.3 Å². The first-order valence-electron chi connectivity index (χ1n) is 4.74. The second-order valence-corrected chi connectivity index (χ2v) is 3.78. The lowest BCUT2D eigenvalue weighted by Crippen LogP contribution is -2.01. The van der Waals surface area contributed by atoms with Crippen molar-refractivity contribution in [2.75, 3.05) is 5.32 Å². The molecule has 0 atom stereocenters. The maximum absolute atomic E-state index is 6.04. The van der Waals surface area contributed by atoms with Gasteiger partial charge in [-0.05, 0) is 24.6 Å². The highest BCUT2D eigenvalue weighted by atomic mass is 35.5. The third kappa shape index (κ3) is 3.15. The first-order valence-corrected chi connectivity index (χ1v) is 5.12. The highest BCUT2D eigenvalue weighted by Crippen LogP contribution is 2.22. The van der Waals surface area contributed by atoms with Crippen LogP contribution in [0.1, 0.15) is 11.4 Å². The topological polar surface area (TPSA) is 40.7 Å². The Morgan fingerprint density at radius 3 is 2.94 bits per heavy atom. The number of benzene rings is 1. The smallest absolute Gasteiger partial charge is 0.125 e. The van der Waals surface area contributed by atoms with E-state index < -0.39 is 0 Å². The van der Waals surface area contributed by atoms with E-state index in [0.29, 0.717) is 6.54 Å². The van der Waals surface area contributed by atoms with Crippen LogP contribution in [0.15, 0.2) is 30.6 Å². The molecule has 0 bridgehead atoms. The molecule has 1 aromatic carbocycles. The molecule has 0 unspecified atom stereocenters. The number of H-pyrrole nitrogens is 1. The number of hydrogen-bond donors (Lipinski definition) is 2. The largest absolute Gasteiger partial charge is 0.377 e. The van der Waals surface area contributed by atoms with Crippen LogP contribution in [-0.2, 0) is 6.54 Å². The molecule has 86 valence electrons. The Bertz CT molecular complexity index is 440. The molecule has 0 radical (unpaired) electrons. The molecule has 2 N–H and O–H groups in total. The summed E-state index contributed by atoms with van der Waals surface area (Å²) in [6.07, 6.45) is 3.53. The molecule has 3 nitrogen and oxygen atoms in total. The molecule has 2 rings (SSSR count). The van der Waals surface area contributed by atoms with E-state index in [1.165, 1.54) is 5.56 Å². The van der Waals surface area contributed by atoms with E-state index in [1.807, 2.05) is 25.1 Å². The van der Waals surface area contributed by atoms with Crippen molar-refractivity contribution < 1.29 is 0 Å². The normalized spacial score (nSPS) is 9.62. The standard InChI is InChI=1S/C11H12ClN3.ClH/c1-8-2-3-9(12)10(6-8)15-7-11-13-4-5-14-11;/h2-6,15H,7H2,1H3,(H,13,14);1H. The Morgan fingerprint density at radius 1 is 1.44 bits per heavy atom. The Hall–Kier alpha value is -1.19. The second-order valence-electron chi connectivity index (χ2n) is 3.37. The number of hydrogen-bond acceptors (Lipinski definition) is 2. The summed E-state index contributed by atoms with van der Waals surface area (Å²) in [5.74, 6) is 0.896. The summed E-state index contributed by atoms with van der Waals surface area (Å²) in [6.45, 7) is 2.69. The highest BCUT2D eigenvalue weighted by molar-refractivity contribution is 6.33. The minimum absolute atomic E-state index is 0. The summed E-state index contributed by atoms with van der Waals surface area (Å²) in [5, 5.41) is 3.96. The second kappa shape index (κ2) is 5.77. The van der Waals surface area contributed by atoms with Gasteiger partial charge in [0.2, 0.25) is 0 Å². The highest BCUT2D eigenvalue weighted by Gasteiger charge is 2.00. The van der Waals surface area contributed by atoms with Gasteiger partial charge in [-0.3, -0.25) is 0 Å². The zero-order valence-corrected chi connectivity index (χ0v) is 10.4. The van der Waals surface area contributed by atoms with Crippen LogP contribution in [0.3, 0.4) is 0 Å². The SMILES string of the molecule is Cc1ccc(Cl)c(NCc2ncc[nH]2)c1.Cl. The first-order chi connectivity index (χ1) is 7.25. The molecule has 1 heterocycles. The summed E-state index contributed by atoms with van der Waals surface area (Å²) in [4.78, 5) is 7.15. The van der Waals surface area contributed by atoms with Gasteiger partial charge in [0, 0.05) is 12.4 Å². The molecule has 0 aliphatic heterocycles. The van der Waals surface area contributed by atoms with Crippen molar-refractivity contribution in [2.45, 2.75) is 13.5 Å². The fraction of sp³-hybridized carbons (Fsp3) is 0.182. The van der Waals surface area contributed by atoms with Crippen LogP contribution in [0, 0.1) is 6.92 Å². The molecule has 16 heavy (non-hydrogen) atoms. The van der Waals surface area contributed by atoms with E-state index >= 15 is 0 Å². The third-order valence-corrected chi connectivity index (χ3v) is 2.45. The number of anilines is 1. The van der Waals surface area contributed by atoms with Crippen molar-refractivity contribution in [3.8, 4) is 0 Å². The molecule has 0 fully saturated rings. The van der Waals surface area contributed by atoms with Crippen LogP contribution in [0.5, 0.6) is 0 Å². The average molecular weight is 258 g/mol. The van der Waals surface area contributed by atoms with Gasteiger partial charge in [0.25, 0.3) is 0 Å². The first kappa shape index (κ1) is 12.9. The maximum atomic E-state index is 6.04. The molecular formula is C11H13Cl2N3. The van der Waals surface area contributed by atoms with Gasteiger partial charge in [0.1, 0.15) is 5.82 Å². The van der Waals surface area contributed by atoms with Crippen LogP contribution >= 0.6 is 24.0 Å². The van der Waals surface area contributed by atoms with Crippen molar-refractivity contribution in [3.63, 3.8) is 0 Å². The van der Waals surface area contributed by atoms with Gasteiger partial charge in [-0.2, -0.15) is 0 Å². The lowest BCUT2D eigenvalue weighted by atomic mass is 10.2. The van der Waals surface area contributed by atoms with Crippen LogP contribution < -0.4 is 5.32 Å². The molecule has 5 heteroatoms. The van der Waals surface area contributed by atoms with Crippen LogP contribution in [0.25, 0.3) is 0 Å². The molecule has 0 aliphatic rings. The van der Waals surface area contributed by atoms with Crippen LogP contribution in [0.4, 0.5) is 5.69 Å². The predicted molar refractivity (Wildman–Crippen MR) is 69.4 cm³/mol. The lowest BCUT2D eigenvalue weighted by Gasteiger charge is -2.07. The van der Waals surface area contributed by atoms with E-state index in [1.54, 1.807) is 12.4 Å². The zero-order chi connectivity index (χ0) is 10.7. The molecule has 0 saturated carbocycles.